The van der Waals surface area contributed by atoms with Crippen molar-refractivity contribution in [3.05, 3.63) is 35.4 Å². The van der Waals surface area contributed by atoms with Crippen LogP contribution in [0.4, 0.5) is 0 Å². The van der Waals surface area contributed by atoms with Gasteiger partial charge in [0.1, 0.15) is 6.04 Å². The molecule has 1 atom stereocenters. The molecule has 0 saturated heterocycles. The van der Waals surface area contributed by atoms with Crippen molar-refractivity contribution in [1.29, 1.82) is 0 Å². The lowest BCUT2D eigenvalue weighted by molar-refractivity contribution is -0.138. The average Bonchev–Trinajstić information content (AvgIpc) is 2.16. The molecular formula is C12H17NO3. The van der Waals surface area contributed by atoms with Gasteiger partial charge in [-0.2, -0.15) is 0 Å². The van der Waals surface area contributed by atoms with Crippen LogP contribution < -0.4 is 5.73 Å². The topological polar surface area (TPSA) is 83.5 Å². The minimum absolute atomic E-state index is 0.263. The van der Waals surface area contributed by atoms with Gasteiger partial charge < -0.3 is 15.9 Å². The Balaban J connectivity index is 2.87. The van der Waals surface area contributed by atoms with Crippen LogP contribution in [0, 0.1) is 0 Å². The number of carbonyl (C=O) groups is 1. The van der Waals surface area contributed by atoms with E-state index in [0.29, 0.717) is 0 Å². The summed E-state index contributed by atoms with van der Waals surface area (Å²) in [6, 6.07) is 6.27. The Labute approximate surface area is 94.7 Å². The van der Waals surface area contributed by atoms with Crippen molar-refractivity contribution < 1.29 is 15.0 Å². The lowest BCUT2D eigenvalue weighted by Gasteiger charge is -2.18. The second kappa shape index (κ2) is 4.63. The van der Waals surface area contributed by atoms with E-state index in [9.17, 15) is 9.90 Å². The second-order valence-corrected chi connectivity index (χ2v) is 4.41. The number of hydrogen-bond acceptors (Lipinski definition) is 3. The highest BCUT2D eigenvalue weighted by atomic mass is 16.4. The third-order valence-electron chi connectivity index (χ3n) is 2.41. The number of aliphatic hydroxyl groups is 1. The SMILES string of the molecule is CC(C)(O)c1cccc(CC(N)C(=O)O)c1. The normalized spacial score (nSPS) is 13.5. The van der Waals surface area contributed by atoms with Crippen LogP contribution in [0.1, 0.15) is 25.0 Å². The molecule has 0 spiro atoms. The Kier molecular flexibility index (Phi) is 3.67. The first-order valence-corrected chi connectivity index (χ1v) is 5.11. The van der Waals surface area contributed by atoms with Crippen molar-refractivity contribution in [3.8, 4) is 0 Å². The largest absolute Gasteiger partial charge is 0.480 e. The maximum atomic E-state index is 10.6. The molecule has 4 nitrogen and oxygen atoms in total. The van der Waals surface area contributed by atoms with Crippen LogP contribution in [-0.4, -0.2) is 22.2 Å². The summed E-state index contributed by atoms with van der Waals surface area (Å²) in [5.41, 5.74) is 6.09. The molecule has 1 aromatic rings. The fourth-order valence-electron chi connectivity index (χ4n) is 1.42. The van der Waals surface area contributed by atoms with Crippen molar-refractivity contribution >= 4 is 5.97 Å². The number of aliphatic carboxylic acids is 1. The van der Waals surface area contributed by atoms with Crippen LogP contribution in [0.2, 0.25) is 0 Å². The van der Waals surface area contributed by atoms with Crippen LogP contribution in [0.5, 0.6) is 0 Å². The molecule has 0 bridgehead atoms. The van der Waals surface area contributed by atoms with Gasteiger partial charge in [-0.1, -0.05) is 24.3 Å². The summed E-state index contributed by atoms with van der Waals surface area (Å²) < 4.78 is 0. The zero-order valence-corrected chi connectivity index (χ0v) is 9.47. The van der Waals surface area contributed by atoms with Gasteiger partial charge in [0.25, 0.3) is 0 Å². The summed E-state index contributed by atoms with van der Waals surface area (Å²) in [4.78, 5) is 10.6. The summed E-state index contributed by atoms with van der Waals surface area (Å²) in [7, 11) is 0. The van der Waals surface area contributed by atoms with Crippen molar-refractivity contribution in [3.63, 3.8) is 0 Å². The number of hydrogen-bond donors (Lipinski definition) is 3. The van der Waals surface area contributed by atoms with Crippen LogP contribution in [0.3, 0.4) is 0 Å². The summed E-state index contributed by atoms with van der Waals surface area (Å²) in [5, 5.41) is 18.5. The van der Waals surface area contributed by atoms with E-state index in [-0.39, 0.29) is 6.42 Å². The highest BCUT2D eigenvalue weighted by Crippen LogP contribution is 2.20. The molecule has 0 radical (unpaired) electrons. The first-order valence-electron chi connectivity index (χ1n) is 5.11. The third-order valence-corrected chi connectivity index (χ3v) is 2.41. The average molecular weight is 223 g/mol. The van der Waals surface area contributed by atoms with Crippen LogP contribution in [0.15, 0.2) is 24.3 Å². The first kappa shape index (κ1) is 12.7. The molecule has 0 aliphatic carbocycles. The molecule has 0 heterocycles. The van der Waals surface area contributed by atoms with Gasteiger partial charge in [0.2, 0.25) is 0 Å². The number of carboxylic acid groups (broad SMARTS) is 1. The lowest BCUT2D eigenvalue weighted by atomic mass is 9.95. The van der Waals surface area contributed by atoms with E-state index in [2.05, 4.69) is 0 Å². The lowest BCUT2D eigenvalue weighted by Crippen LogP contribution is -2.32. The monoisotopic (exact) mass is 223 g/mol. The van der Waals surface area contributed by atoms with Crippen molar-refractivity contribution in [2.75, 3.05) is 0 Å². The molecular weight excluding hydrogens is 206 g/mol. The smallest absolute Gasteiger partial charge is 0.320 e. The van der Waals surface area contributed by atoms with E-state index in [1.54, 1.807) is 38.1 Å². The molecule has 0 aliphatic rings. The van der Waals surface area contributed by atoms with Gasteiger partial charge in [0.05, 0.1) is 5.60 Å². The van der Waals surface area contributed by atoms with E-state index >= 15 is 0 Å². The van der Waals surface area contributed by atoms with Gasteiger partial charge in [0, 0.05) is 0 Å². The Morgan fingerprint density at radius 1 is 1.50 bits per heavy atom. The van der Waals surface area contributed by atoms with Gasteiger partial charge in [-0.05, 0) is 31.4 Å². The molecule has 4 N–H and O–H groups in total. The number of benzene rings is 1. The maximum Gasteiger partial charge on any atom is 0.320 e. The molecule has 0 aliphatic heterocycles. The van der Waals surface area contributed by atoms with Crippen molar-refractivity contribution in [1.82, 2.24) is 0 Å². The quantitative estimate of drug-likeness (QED) is 0.707. The molecule has 4 heteroatoms. The molecule has 0 fully saturated rings. The summed E-state index contributed by atoms with van der Waals surface area (Å²) in [6.45, 7) is 3.37. The molecule has 1 rings (SSSR count). The maximum absolute atomic E-state index is 10.6. The van der Waals surface area contributed by atoms with Crippen molar-refractivity contribution in [2.24, 2.45) is 5.73 Å². The van der Waals surface area contributed by atoms with Gasteiger partial charge in [-0.3, -0.25) is 4.79 Å². The Morgan fingerprint density at radius 3 is 2.62 bits per heavy atom. The standard InChI is InChI=1S/C12H17NO3/c1-12(2,16)9-5-3-4-8(6-9)7-10(13)11(14)15/h3-6,10,16H,7,13H2,1-2H3,(H,14,15). The summed E-state index contributed by atoms with van der Waals surface area (Å²) in [6.07, 6.45) is 0.263. The van der Waals surface area contributed by atoms with E-state index in [1.807, 2.05) is 0 Å². The predicted octanol–water partition coefficient (Wildman–Crippen LogP) is 0.868. The molecule has 0 aromatic heterocycles. The highest BCUT2D eigenvalue weighted by molar-refractivity contribution is 5.73. The summed E-state index contributed by atoms with van der Waals surface area (Å²) >= 11 is 0. The molecule has 16 heavy (non-hydrogen) atoms. The Bertz CT molecular complexity index is 382. The Hall–Kier alpha value is -1.39. The molecule has 88 valence electrons. The zero-order valence-electron chi connectivity index (χ0n) is 9.47. The van der Waals surface area contributed by atoms with Gasteiger partial charge in [0.15, 0.2) is 0 Å². The van der Waals surface area contributed by atoms with E-state index < -0.39 is 17.6 Å². The zero-order chi connectivity index (χ0) is 12.3. The third kappa shape index (κ3) is 3.32. The number of carboxylic acids is 1. The van der Waals surface area contributed by atoms with Crippen LogP contribution in [-0.2, 0) is 16.8 Å². The molecule has 0 amide bonds. The fourth-order valence-corrected chi connectivity index (χ4v) is 1.42. The van der Waals surface area contributed by atoms with Gasteiger partial charge in [-0.15, -0.1) is 0 Å². The minimum Gasteiger partial charge on any atom is -0.480 e. The van der Waals surface area contributed by atoms with E-state index in [1.165, 1.54) is 0 Å². The highest BCUT2D eigenvalue weighted by Gasteiger charge is 2.17. The molecule has 0 saturated carbocycles. The van der Waals surface area contributed by atoms with Gasteiger partial charge in [-0.25, -0.2) is 0 Å². The fraction of sp³-hybridized carbons (Fsp3) is 0.417. The van der Waals surface area contributed by atoms with Gasteiger partial charge >= 0.3 is 5.97 Å². The van der Waals surface area contributed by atoms with Crippen LogP contribution >= 0.6 is 0 Å². The Morgan fingerprint density at radius 2 is 2.12 bits per heavy atom. The molecule has 1 unspecified atom stereocenters. The molecule has 1 aromatic carbocycles. The first-order chi connectivity index (χ1) is 7.30. The minimum atomic E-state index is -1.02. The predicted molar refractivity (Wildman–Crippen MR) is 61.0 cm³/mol. The number of rotatable bonds is 4. The number of nitrogens with two attached hydrogens (primary N) is 1. The van der Waals surface area contributed by atoms with E-state index in [4.69, 9.17) is 10.8 Å². The van der Waals surface area contributed by atoms with Crippen LogP contribution in [0.25, 0.3) is 0 Å². The van der Waals surface area contributed by atoms with Crippen molar-refractivity contribution in [2.45, 2.75) is 31.9 Å². The van der Waals surface area contributed by atoms with E-state index in [0.717, 1.165) is 11.1 Å². The second-order valence-electron chi connectivity index (χ2n) is 4.41. The summed E-state index contributed by atoms with van der Waals surface area (Å²) in [5.74, 6) is -1.02.